The summed E-state index contributed by atoms with van der Waals surface area (Å²) in [6, 6.07) is 6.46. The van der Waals surface area contributed by atoms with E-state index in [-0.39, 0.29) is 23.7 Å². The molecule has 1 saturated carbocycles. The zero-order chi connectivity index (χ0) is 23.1. The fraction of sp³-hybridized carbons (Fsp3) is 0.478. The van der Waals surface area contributed by atoms with E-state index in [1.165, 1.54) is 12.3 Å². The topological polar surface area (TPSA) is 51.7 Å². The van der Waals surface area contributed by atoms with Crippen molar-refractivity contribution in [2.24, 2.45) is 0 Å². The number of fused-ring (bicyclic) bond motifs is 1. The van der Waals surface area contributed by atoms with E-state index in [1.54, 1.807) is 12.1 Å². The van der Waals surface area contributed by atoms with Crippen molar-refractivity contribution in [1.82, 2.24) is 9.88 Å². The average molecular weight is 410 g/mol. The van der Waals surface area contributed by atoms with Gasteiger partial charge in [-0.2, -0.15) is 0 Å². The highest BCUT2D eigenvalue weighted by Gasteiger charge is 2.52. The summed E-state index contributed by atoms with van der Waals surface area (Å²) in [6.45, 7) is 5.53. The molecule has 7 heteroatoms. The SMILES string of the molecule is [2H]C1([2H])c2ncccc2C(=O)N1Cc1c(F)cc(B2OC(C)(C)C(C)(C)O2)cc1C1CC1. The van der Waals surface area contributed by atoms with Gasteiger partial charge in [-0.25, -0.2) is 4.39 Å². The van der Waals surface area contributed by atoms with E-state index in [0.717, 1.165) is 23.3 Å². The molecular weight excluding hydrogens is 382 g/mol. The van der Waals surface area contributed by atoms with Crippen LogP contribution in [0.5, 0.6) is 0 Å². The number of aromatic nitrogens is 1. The Bertz CT molecular complexity index is 1100. The van der Waals surface area contributed by atoms with Gasteiger partial charge in [0.25, 0.3) is 5.91 Å². The number of rotatable bonds is 4. The molecule has 0 radical (unpaired) electrons. The fourth-order valence-electron chi connectivity index (χ4n) is 3.98. The van der Waals surface area contributed by atoms with E-state index in [4.69, 9.17) is 12.1 Å². The molecule has 30 heavy (non-hydrogen) atoms. The summed E-state index contributed by atoms with van der Waals surface area (Å²) in [5.74, 6) is -0.771. The Labute approximate surface area is 179 Å². The Kier molecular flexibility index (Phi) is 3.85. The van der Waals surface area contributed by atoms with E-state index in [2.05, 4.69) is 4.98 Å². The van der Waals surface area contributed by atoms with Crippen LogP contribution in [0.2, 0.25) is 0 Å². The maximum atomic E-state index is 15.5. The first-order valence-corrected chi connectivity index (χ1v) is 10.4. The maximum Gasteiger partial charge on any atom is 0.494 e. The molecule has 0 unspecified atom stereocenters. The van der Waals surface area contributed by atoms with Gasteiger partial charge in [-0.05, 0) is 75.7 Å². The minimum absolute atomic E-state index is 0.0761. The molecule has 3 heterocycles. The molecule has 2 aromatic rings. The van der Waals surface area contributed by atoms with Crippen molar-refractivity contribution in [3.8, 4) is 0 Å². The molecule has 1 saturated heterocycles. The third kappa shape index (κ3) is 3.15. The summed E-state index contributed by atoms with van der Waals surface area (Å²) in [5, 5.41) is 0. The second-order valence-corrected chi connectivity index (χ2v) is 9.34. The molecule has 1 aromatic carbocycles. The Morgan fingerprint density at radius 2 is 1.97 bits per heavy atom. The number of halogens is 1. The number of carbonyl (C=O) groups is 1. The van der Waals surface area contributed by atoms with Gasteiger partial charge in [0.2, 0.25) is 0 Å². The predicted molar refractivity (Wildman–Crippen MR) is 112 cm³/mol. The van der Waals surface area contributed by atoms with Crippen molar-refractivity contribution in [3.63, 3.8) is 0 Å². The van der Waals surface area contributed by atoms with Crippen LogP contribution in [-0.2, 0) is 22.4 Å². The number of carbonyl (C=O) groups excluding carboxylic acids is 1. The molecule has 0 spiro atoms. The predicted octanol–water partition coefficient (Wildman–Crippen LogP) is 3.55. The summed E-state index contributed by atoms with van der Waals surface area (Å²) < 4.78 is 44.7. The Hall–Kier alpha value is -2.25. The number of hydrogen-bond acceptors (Lipinski definition) is 4. The minimum Gasteiger partial charge on any atom is -0.399 e. The third-order valence-electron chi connectivity index (χ3n) is 6.64. The first-order valence-electron chi connectivity index (χ1n) is 11.4. The van der Waals surface area contributed by atoms with Crippen molar-refractivity contribution in [2.45, 2.75) is 70.7 Å². The number of nitrogens with zero attached hydrogens (tertiary/aromatic N) is 2. The van der Waals surface area contributed by atoms with Gasteiger partial charge in [0.1, 0.15) is 5.82 Å². The number of benzene rings is 1. The van der Waals surface area contributed by atoms with E-state index < -0.39 is 36.5 Å². The summed E-state index contributed by atoms with van der Waals surface area (Å²) in [7, 11) is -0.686. The second kappa shape index (κ2) is 6.63. The molecular formula is C23H26BFN2O3. The molecule has 2 fully saturated rings. The highest BCUT2D eigenvalue weighted by molar-refractivity contribution is 6.62. The van der Waals surface area contributed by atoms with Crippen LogP contribution in [0.4, 0.5) is 4.39 Å². The van der Waals surface area contributed by atoms with Crippen LogP contribution >= 0.6 is 0 Å². The second-order valence-electron chi connectivity index (χ2n) is 9.34. The van der Waals surface area contributed by atoms with Crippen LogP contribution in [0, 0.1) is 5.82 Å². The van der Waals surface area contributed by atoms with Gasteiger partial charge >= 0.3 is 7.12 Å². The van der Waals surface area contributed by atoms with Gasteiger partial charge in [-0.15, -0.1) is 0 Å². The fourth-order valence-corrected chi connectivity index (χ4v) is 3.98. The molecule has 156 valence electrons. The van der Waals surface area contributed by atoms with Crippen LogP contribution in [0.1, 0.15) is 76.4 Å². The molecule has 5 nitrogen and oxygen atoms in total. The first kappa shape index (κ1) is 17.4. The summed E-state index contributed by atoms with van der Waals surface area (Å²) in [6.07, 6.45) is 3.33. The lowest BCUT2D eigenvalue weighted by Crippen LogP contribution is -2.41. The Morgan fingerprint density at radius 1 is 1.27 bits per heavy atom. The number of hydrogen-bond donors (Lipinski definition) is 0. The standard InChI is InChI=1S/C23H26BFN2O3/c1-22(2)23(3,4)30-24(29-22)15-10-17(14-7-8-14)18(19(25)11-15)12-27-13-20-16(21(27)28)6-5-9-26-20/h5-6,9-11,14H,7-8,12-13H2,1-4H3/i13D2. The lowest BCUT2D eigenvalue weighted by molar-refractivity contribution is 0.00578. The van der Waals surface area contributed by atoms with Gasteiger partial charge in [-0.1, -0.05) is 6.07 Å². The van der Waals surface area contributed by atoms with E-state index in [0.29, 0.717) is 11.0 Å². The van der Waals surface area contributed by atoms with Crippen LogP contribution in [0.15, 0.2) is 30.5 Å². The lowest BCUT2D eigenvalue weighted by atomic mass is 9.77. The van der Waals surface area contributed by atoms with Gasteiger partial charge < -0.3 is 14.2 Å². The smallest absolute Gasteiger partial charge is 0.399 e. The normalized spacial score (nSPS) is 24.6. The quantitative estimate of drug-likeness (QED) is 0.724. The average Bonchev–Trinajstić information content (AvgIpc) is 3.49. The van der Waals surface area contributed by atoms with Crippen LogP contribution in [0.25, 0.3) is 0 Å². The number of pyridine rings is 1. The summed E-state index contributed by atoms with van der Waals surface area (Å²) >= 11 is 0. The van der Waals surface area contributed by atoms with Crippen molar-refractivity contribution < 1.29 is 21.2 Å². The highest BCUT2D eigenvalue weighted by atomic mass is 19.1. The van der Waals surface area contributed by atoms with Gasteiger partial charge in [-0.3, -0.25) is 9.78 Å². The molecule has 0 N–H and O–H groups in total. The Morgan fingerprint density at radius 3 is 2.60 bits per heavy atom. The van der Waals surface area contributed by atoms with Crippen LogP contribution in [0.3, 0.4) is 0 Å². The molecule has 1 amide bonds. The van der Waals surface area contributed by atoms with Gasteiger partial charge in [0.05, 0.1) is 31.7 Å². The summed E-state index contributed by atoms with van der Waals surface area (Å²) in [5.41, 5.74) is 0.964. The highest BCUT2D eigenvalue weighted by Crippen LogP contribution is 2.43. The molecule has 1 aromatic heterocycles. The first-order chi connectivity index (χ1) is 14.9. The molecule has 3 aliphatic rings. The van der Waals surface area contributed by atoms with Gasteiger partial charge in [0, 0.05) is 18.3 Å². The van der Waals surface area contributed by atoms with E-state index in [1.807, 2.05) is 33.8 Å². The Balaban J connectivity index is 1.51. The molecule has 0 atom stereocenters. The molecule has 5 rings (SSSR count). The van der Waals surface area contributed by atoms with Crippen molar-refractivity contribution in [3.05, 3.63) is 58.7 Å². The van der Waals surface area contributed by atoms with E-state index in [9.17, 15) is 4.79 Å². The zero-order valence-electron chi connectivity index (χ0n) is 19.7. The van der Waals surface area contributed by atoms with Crippen LogP contribution in [-0.4, -0.2) is 34.1 Å². The molecule has 2 aliphatic heterocycles. The lowest BCUT2D eigenvalue weighted by Gasteiger charge is -2.32. The molecule has 1 aliphatic carbocycles. The van der Waals surface area contributed by atoms with Crippen LogP contribution < -0.4 is 5.46 Å². The van der Waals surface area contributed by atoms with Crippen molar-refractivity contribution in [1.29, 1.82) is 0 Å². The van der Waals surface area contributed by atoms with Crippen molar-refractivity contribution in [2.75, 3.05) is 0 Å². The van der Waals surface area contributed by atoms with Crippen molar-refractivity contribution >= 4 is 18.5 Å². The minimum atomic E-state index is -2.11. The van der Waals surface area contributed by atoms with Gasteiger partial charge in [0.15, 0.2) is 0 Å². The maximum absolute atomic E-state index is 15.5. The largest absolute Gasteiger partial charge is 0.494 e. The zero-order valence-corrected chi connectivity index (χ0v) is 17.7. The molecule has 0 bridgehead atoms. The third-order valence-corrected chi connectivity index (χ3v) is 6.64. The monoisotopic (exact) mass is 410 g/mol. The summed E-state index contributed by atoms with van der Waals surface area (Å²) in [4.78, 5) is 18.1. The number of amides is 1. The van der Waals surface area contributed by atoms with E-state index >= 15 is 4.39 Å².